The molecule has 84 valence electrons. The first-order valence-corrected chi connectivity index (χ1v) is 4.88. The zero-order valence-corrected chi connectivity index (χ0v) is 8.69. The fraction of sp³-hybridized carbons (Fsp3) is 0.556. The third kappa shape index (κ3) is 4.09. The number of nitrogens with one attached hydrogen (secondary N) is 1. The zero-order valence-electron chi connectivity index (χ0n) is 8.69. The molecule has 0 radical (unpaired) electrons. The van der Waals surface area contributed by atoms with Crippen molar-refractivity contribution in [1.29, 1.82) is 0 Å². The number of hydrogen-bond donors (Lipinski definition) is 3. The summed E-state index contributed by atoms with van der Waals surface area (Å²) in [7, 11) is 0. The van der Waals surface area contributed by atoms with Gasteiger partial charge in [0.15, 0.2) is 5.69 Å². The minimum atomic E-state index is -0.232. The molecule has 1 amide bonds. The van der Waals surface area contributed by atoms with E-state index in [2.05, 4.69) is 10.5 Å². The predicted octanol–water partition coefficient (Wildman–Crippen LogP) is -1.73. The van der Waals surface area contributed by atoms with Crippen molar-refractivity contribution in [1.82, 2.24) is 10.5 Å². The van der Waals surface area contributed by atoms with Crippen LogP contribution >= 0.6 is 0 Å². The molecule has 15 heavy (non-hydrogen) atoms. The standard InChI is InChI=1S/C9H15N3O3/c1-7-6-8(12-15-7)9(14)11-3-2-10-4-5-13/h6,10,13H,2-5H2,1H3,(H,11,14)/p+1. The van der Waals surface area contributed by atoms with Gasteiger partial charge in [-0.3, -0.25) is 4.79 Å². The van der Waals surface area contributed by atoms with Gasteiger partial charge >= 0.3 is 0 Å². The Balaban J connectivity index is 2.19. The maximum Gasteiger partial charge on any atom is 0.273 e. The first kappa shape index (κ1) is 11.7. The lowest BCUT2D eigenvalue weighted by molar-refractivity contribution is -0.654. The molecule has 0 aliphatic heterocycles. The number of aliphatic hydroxyl groups is 1. The highest BCUT2D eigenvalue weighted by molar-refractivity contribution is 5.92. The Morgan fingerprint density at radius 2 is 2.47 bits per heavy atom. The van der Waals surface area contributed by atoms with E-state index < -0.39 is 0 Å². The number of quaternary nitrogens is 1. The SMILES string of the molecule is Cc1cc(C(=O)NCC[NH2+]CCO)no1. The number of nitrogens with two attached hydrogens (primary N) is 1. The minimum Gasteiger partial charge on any atom is -0.391 e. The maximum atomic E-state index is 11.4. The summed E-state index contributed by atoms with van der Waals surface area (Å²) < 4.78 is 4.78. The second-order valence-electron chi connectivity index (χ2n) is 3.17. The number of nitrogens with zero attached hydrogens (tertiary/aromatic N) is 1. The molecule has 0 spiro atoms. The van der Waals surface area contributed by atoms with Crippen LogP contribution in [-0.2, 0) is 0 Å². The van der Waals surface area contributed by atoms with Crippen LogP contribution in [0, 0.1) is 6.92 Å². The van der Waals surface area contributed by atoms with Gasteiger partial charge in [0.1, 0.15) is 5.76 Å². The molecule has 0 saturated heterocycles. The van der Waals surface area contributed by atoms with Crippen LogP contribution in [0.25, 0.3) is 0 Å². The summed E-state index contributed by atoms with van der Waals surface area (Å²) in [5, 5.41) is 16.7. The highest BCUT2D eigenvalue weighted by atomic mass is 16.5. The maximum absolute atomic E-state index is 11.4. The Morgan fingerprint density at radius 3 is 3.07 bits per heavy atom. The summed E-state index contributed by atoms with van der Waals surface area (Å²) in [5.41, 5.74) is 0.301. The average molecular weight is 214 g/mol. The Kier molecular flexibility index (Phi) is 4.79. The molecule has 6 nitrogen and oxygen atoms in total. The van der Waals surface area contributed by atoms with E-state index in [1.54, 1.807) is 13.0 Å². The Morgan fingerprint density at radius 1 is 1.67 bits per heavy atom. The summed E-state index contributed by atoms with van der Waals surface area (Å²) in [5.74, 6) is 0.385. The number of carbonyl (C=O) groups is 1. The smallest absolute Gasteiger partial charge is 0.273 e. The van der Waals surface area contributed by atoms with Crippen LogP contribution in [0.4, 0.5) is 0 Å². The highest BCUT2D eigenvalue weighted by Gasteiger charge is 2.09. The number of aryl methyl sites for hydroxylation is 1. The molecule has 6 heteroatoms. The molecule has 0 unspecified atom stereocenters. The van der Waals surface area contributed by atoms with Gasteiger partial charge in [-0.15, -0.1) is 0 Å². The van der Waals surface area contributed by atoms with Gasteiger partial charge < -0.3 is 20.3 Å². The van der Waals surface area contributed by atoms with Gasteiger partial charge in [0.2, 0.25) is 0 Å². The third-order valence-corrected chi connectivity index (χ3v) is 1.83. The van der Waals surface area contributed by atoms with Gasteiger partial charge in [-0.05, 0) is 6.92 Å². The Labute approximate surface area is 87.6 Å². The fourth-order valence-electron chi connectivity index (χ4n) is 1.09. The molecule has 0 saturated carbocycles. The molecule has 4 N–H and O–H groups in total. The molecule has 1 aromatic rings. The second-order valence-corrected chi connectivity index (χ2v) is 3.17. The number of hydrogen-bond acceptors (Lipinski definition) is 4. The van der Waals surface area contributed by atoms with E-state index in [0.717, 1.165) is 6.54 Å². The summed E-state index contributed by atoms with van der Waals surface area (Å²) in [6.45, 7) is 3.82. The van der Waals surface area contributed by atoms with E-state index in [-0.39, 0.29) is 12.5 Å². The van der Waals surface area contributed by atoms with E-state index in [4.69, 9.17) is 9.63 Å². The van der Waals surface area contributed by atoms with Gasteiger partial charge in [-0.25, -0.2) is 0 Å². The van der Waals surface area contributed by atoms with Crippen LogP contribution in [0.5, 0.6) is 0 Å². The molecule has 0 aromatic carbocycles. The molecular formula is C9H16N3O3+. The zero-order chi connectivity index (χ0) is 11.1. The van der Waals surface area contributed by atoms with Crippen molar-refractivity contribution in [2.75, 3.05) is 26.2 Å². The highest BCUT2D eigenvalue weighted by Crippen LogP contribution is 2.00. The number of rotatable bonds is 6. The summed E-state index contributed by atoms with van der Waals surface area (Å²) in [4.78, 5) is 11.4. The van der Waals surface area contributed by atoms with Gasteiger partial charge in [0.05, 0.1) is 26.2 Å². The molecule has 0 aliphatic carbocycles. The topological polar surface area (TPSA) is 92.0 Å². The Hall–Kier alpha value is -1.40. The normalized spacial score (nSPS) is 10.3. The number of aromatic nitrogens is 1. The number of aliphatic hydroxyl groups excluding tert-OH is 1. The van der Waals surface area contributed by atoms with E-state index >= 15 is 0 Å². The van der Waals surface area contributed by atoms with Gasteiger partial charge in [-0.1, -0.05) is 5.16 Å². The van der Waals surface area contributed by atoms with Gasteiger partial charge in [0, 0.05) is 6.07 Å². The minimum absolute atomic E-state index is 0.149. The summed E-state index contributed by atoms with van der Waals surface area (Å²) in [6, 6.07) is 1.59. The molecule has 0 atom stereocenters. The largest absolute Gasteiger partial charge is 0.391 e. The van der Waals surface area contributed by atoms with E-state index in [0.29, 0.717) is 24.5 Å². The molecule has 1 rings (SSSR count). The molecule has 0 fully saturated rings. The summed E-state index contributed by atoms with van der Waals surface area (Å²) in [6.07, 6.45) is 0. The first-order chi connectivity index (χ1) is 7.24. The molecule has 0 aliphatic rings. The number of carbonyl (C=O) groups excluding carboxylic acids is 1. The second kappa shape index (κ2) is 6.15. The van der Waals surface area contributed by atoms with Crippen molar-refractivity contribution in [2.24, 2.45) is 0 Å². The van der Waals surface area contributed by atoms with Crippen molar-refractivity contribution in [3.8, 4) is 0 Å². The lowest BCUT2D eigenvalue weighted by Crippen LogP contribution is -2.86. The van der Waals surface area contributed by atoms with Gasteiger partial charge in [-0.2, -0.15) is 0 Å². The van der Waals surface area contributed by atoms with Crippen molar-refractivity contribution >= 4 is 5.91 Å². The lowest BCUT2D eigenvalue weighted by atomic mass is 10.3. The van der Waals surface area contributed by atoms with Crippen LogP contribution < -0.4 is 10.6 Å². The van der Waals surface area contributed by atoms with E-state index in [1.165, 1.54) is 0 Å². The Bertz CT molecular complexity index is 311. The van der Waals surface area contributed by atoms with E-state index in [1.807, 2.05) is 5.32 Å². The van der Waals surface area contributed by atoms with Crippen LogP contribution in [0.15, 0.2) is 10.6 Å². The van der Waals surface area contributed by atoms with Crippen LogP contribution in [0.2, 0.25) is 0 Å². The van der Waals surface area contributed by atoms with Crippen molar-refractivity contribution in [2.45, 2.75) is 6.92 Å². The quantitative estimate of drug-likeness (QED) is 0.491. The van der Waals surface area contributed by atoms with Crippen LogP contribution in [0.1, 0.15) is 16.2 Å². The monoisotopic (exact) mass is 214 g/mol. The summed E-state index contributed by atoms with van der Waals surface area (Å²) >= 11 is 0. The molecule has 1 heterocycles. The van der Waals surface area contributed by atoms with Gasteiger partial charge in [0.25, 0.3) is 5.91 Å². The molecular weight excluding hydrogens is 198 g/mol. The van der Waals surface area contributed by atoms with Crippen LogP contribution in [0.3, 0.4) is 0 Å². The number of amides is 1. The third-order valence-electron chi connectivity index (χ3n) is 1.83. The molecule has 1 aromatic heterocycles. The van der Waals surface area contributed by atoms with Crippen LogP contribution in [-0.4, -0.2) is 42.4 Å². The first-order valence-electron chi connectivity index (χ1n) is 4.88. The van der Waals surface area contributed by atoms with Crippen molar-refractivity contribution in [3.63, 3.8) is 0 Å². The lowest BCUT2D eigenvalue weighted by Gasteiger charge is -2.01. The van der Waals surface area contributed by atoms with Crippen molar-refractivity contribution in [3.05, 3.63) is 17.5 Å². The predicted molar refractivity (Wildman–Crippen MR) is 52.3 cm³/mol. The molecule has 0 bridgehead atoms. The van der Waals surface area contributed by atoms with E-state index in [9.17, 15) is 4.79 Å². The van der Waals surface area contributed by atoms with Crippen molar-refractivity contribution < 1.29 is 19.7 Å². The average Bonchev–Trinajstić information content (AvgIpc) is 2.64. The fourth-order valence-corrected chi connectivity index (χ4v) is 1.09.